The van der Waals surface area contributed by atoms with Gasteiger partial charge in [-0.25, -0.2) is 0 Å². The fourth-order valence-corrected chi connectivity index (χ4v) is 2.14. The minimum Gasteiger partial charge on any atom is -0.508 e. The highest BCUT2D eigenvalue weighted by atomic mass is 79.9. The Morgan fingerprint density at radius 3 is 2.62 bits per heavy atom. The van der Waals surface area contributed by atoms with Gasteiger partial charge in [-0.15, -0.1) is 0 Å². The van der Waals surface area contributed by atoms with Crippen molar-refractivity contribution in [3.8, 4) is 11.8 Å². The molecule has 0 aliphatic rings. The Bertz CT molecular complexity index is 345. The number of halogens is 1. The van der Waals surface area contributed by atoms with Crippen molar-refractivity contribution in [3.05, 3.63) is 27.7 Å². The van der Waals surface area contributed by atoms with Crippen LogP contribution in [0.3, 0.4) is 0 Å². The second kappa shape index (κ2) is 3.80. The van der Waals surface area contributed by atoms with Crippen molar-refractivity contribution in [1.29, 1.82) is 5.26 Å². The van der Waals surface area contributed by atoms with Crippen molar-refractivity contribution in [2.75, 3.05) is 0 Å². The third-order valence-electron chi connectivity index (χ3n) is 1.88. The quantitative estimate of drug-likeness (QED) is 0.819. The number of hydrogen-bond donors (Lipinski definition) is 1. The smallest absolute Gasteiger partial charge is 0.121 e. The summed E-state index contributed by atoms with van der Waals surface area (Å²) < 4.78 is 0.791. The molecule has 1 unspecified atom stereocenters. The SMILES string of the molecule is Cc1cc(O)c(C(C)C#N)c(Br)c1. The molecule has 1 rings (SSSR count). The molecule has 13 heavy (non-hydrogen) atoms. The van der Waals surface area contributed by atoms with Gasteiger partial charge in [0, 0.05) is 10.0 Å². The molecule has 2 nitrogen and oxygen atoms in total. The van der Waals surface area contributed by atoms with E-state index in [1.54, 1.807) is 13.0 Å². The van der Waals surface area contributed by atoms with Gasteiger partial charge in [0.25, 0.3) is 0 Å². The molecule has 1 aromatic rings. The van der Waals surface area contributed by atoms with E-state index in [9.17, 15) is 5.11 Å². The van der Waals surface area contributed by atoms with Crippen LogP contribution in [0.1, 0.15) is 24.0 Å². The van der Waals surface area contributed by atoms with Gasteiger partial charge >= 0.3 is 0 Å². The molecule has 1 N–H and O–H groups in total. The van der Waals surface area contributed by atoms with Crippen molar-refractivity contribution in [3.63, 3.8) is 0 Å². The number of benzene rings is 1. The molecule has 0 saturated heterocycles. The predicted molar refractivity (Wildman–Crippen MR) is 54.6 cm³/mol. The Labute approximate surface area is 85.9 Å². The first-order chi connectivity index (χ1) is 6.06. The first kappa shape index (κ1) is 10.1. The van der Waals surface area contributed by atoms with E-state index in [1.165, 1.54) is 0 Å². The van der Waals surface area contributed by atoms with Crippen LogP contribution in [0.2, 0.25) is 0 Å². The summed E-state index contributed by atoms with van der Waals surface area (Å²) in [4.78, 5) is 0. The molecule has 1 aromatic carbocycles. The first-order valence-corrected chi connectivity index (χ1v) is 4.74. The summed E-state index contributed by atoms with van der Waals surface area (Å²) in [6.45, 7) is 3.65. The van der Waals surface area contributed by atoms with Crippen molar-refractivity contribution in [2.24, 2.45) is 0 Å². The predicted octanol–water partition coefficient (Wildman–Crippen LogP) is 3.09. The molecule has 68 valence electrons. The summed E-state index contributed by atoms with van der Waals surface area (Å²) in [7, 11) is 0. The van der Waals surface area contributed by atoms with Gasteiger partial charge in [0.2, 0.25) is 0 Å². The molecule has 0 heterocycles. The highest BCUT2D eigenvalue weighted by Crippen LogP contribution is 2.33. The van der Waals surface area contributed by atoms with Gasteiger partial charge in [0.1, 0.15) is 5.75 Å². The zero-order valence-corrected chi connectivity index (χ0v) is 9.09. The molecule has 0 aliphatic heterocycles. The lowest BCUT2D eigenvalue weighted by Crippen LogP contribution is -1.92. The second-order valence-electron chi connectivity index (χ2n) is 3.03. The van der Waals surface area contributed by atoms with Crippen LogP contribution < -0.4 is 0 Å². The normalized spacial score (nSPS) is 12.2. The number of phenols is 1. The van der Waals surface area contributed by atoms with Crippen LogP contribution in [0.25, 0.3) is 0 Å². The zero-order chi connectivity index (χ0) is 10.0. The molecule has 0 saturated carbocycles. The van der Waals surface area contributed by atoms with Crippen LogP contribution in [0, 0.1) is 18.3 Å². The molecular weight excluding hydrogens is 230 g/mol. The maximum atomic E-state index is 9.59. The summed E-state index contributed by atoms with van der Waals surface area (Å²) in [5.74, 6) is -0.115. The highest BCUT2D eigenvalue weighted by Gasteiger charge is 2.13. The Kier molecular flexibility index (Phi) is 2.94. The van der Waals surface area contributed by atoms with E-state index in [4.69, 9.17) is 5.26 Å². The van der Waals surface area contributed by atoms with Gasteiger partial charge in [-0.3, -0.25) is 0 Å². The van der Waals surface area contributed by atoms with Crippen molar-refractivity contribution < 1.29 is 5.11 Å². The van der Waals surface area contributed by atoms with Crippen molar-refractivity contribution in [1.82, 2.24) is 0 Å². The number of rotatable bonds is 1. The van der Waals surface area contributed by atoms with E-state index in [-0.39, 0.29) is 11.7 Å². The largest absolute Gasteiger partial charge is 0.508 e. The third-order valence-corrected chi connectivity index (χ3v) is 2.53. The average molecular weight is 240 g/mol. The third kappa shape index (κ3) is 2.02. The fraction of sp³-hybridized carbons (Fsp3) is 0.300. The molecule has 0 fully saturated rings. The van der Waals surface area contributed by atoms with Crippen LogP contribution in [0.4, 0.5) is 0 Å². The molecule has 3 heteroatoms. The first-order valence-electron chi connectivity index (χ1n) is 3.95. The standard InChI is InChI=1S/C10H10BrNO/c1-6-3-8(11)10(7(2)5-12)9(13)4-6/h3-4,7,13H,1-2H3. The number of hydrogen-bond acceptors (Lipinski definition) is 2. The number of aryl methyl sites for hydroxylation is 1. The lowest BCUT2D eigenvalue weighted by Gasteiger charge is -2.09. The van der Waals surface area contributed by atoms with Crippen LogP contribution in [-0.2, 0) is 0 Å². The monoisotopic (exact) mass is 239 g/mol. The summed E-state index contributed by atoms with van der Waals surface area (Å²) in [6, 6.07) is 5.64. The molecule has 0 aromatic heterocycles. The van der Waals surface area contributed by atoms with Gasteiger partial charge in [-0.2, -0.15) is 5.26 Å². The van der Waals surface area contributed by atoms with E-state index in [1.807, 2.05) is 13.0 Å². The maximum Gasteiger partial charge on any atom is 0.121 e. The fourth-order valence-electron chi connectivity index (χ4n) is 1.23. The van der Waals surface area contributed by atoms with E-state index < -0.39 is 0 Å². The summed E-state index contributed by atoms with van der Waals surface area (Å²) >= 11 is 3.33. The molecule has 0 aliphatic carbocycles. The number of aromatic hydroxyl groups is 1. The molecule has 1 atom stereocenters. The number of phenolic OH excluding ortho intramolecular Hbond substituents is 1. The summed E-state index contributed by atoms with van der Waals surface area (Å²) in [6.07, 6.45) is 0. The Hall–Kier alpha value is -1.01. The van der Waals surface area contributed by atoms with Crippen molar-refractivity contribution >= 4 is 15.9 Å². The summed E-state index contributed by atoms with van der Waals surface area (Å²) in [5, 5.41) is 18.3. The highest BCUT2D eigenvalue weighted by molar-refractivity contribution is 9.10. The van der Waals surface area contributed by atoms with Gasteiger partial charge in [-0.05, 0) is 31.5 Å². The maximum absolute atomic E-state index is 9.59. The molecule has 0 amide bonds. The lowest BCUT2D eigenvalue weighted by atomic mass is 10.0. The van der Waals surface area contributed by atoms with Crippen LogP contribution in [0.15, 0.2) is 16.6 Å². The van der Waals surface area contributed by atoms with E-state index in [2.05, 4.69) is 22.0 Å². The van der Waals surface area contributed by atoms with Crippen LogP contribution in [-0.4, -0.2) is 5.11 Å². The zero-order valence-electron chi connectivity index (χ0n) is 7.50. The van der Waals surface area contributed by atoms with Gasteiger partial charge in [0.15, 0.2) is 0 Å². The number of nitrogens with zero attached hydrogens (tertiary/aromatic N) is 1. The summed E-state index contributed by atoms with van der Waals surface area (Å²) in [5.41, 5.74) is 1.63. The molecule has 0 bridgehead atoms. The van der Waals surface area contributed by atoms with E-state index >= 15 is 0 Å². The topological polar surface area (TPSA) is 44.0 Å². The van der Waals surface area contributed by atoms with Gasteiger partial charge in [0.05, 0.1) is 12.0 Å². The Morgan fingerprint density at radius 1 is 1.54 bits per heavy atom. The lowest BCUT2D eigenvalue weighted by molar-refractivity contribution is 0.466. The molecular formula is C10H10BrNO. The van der Waals surface area contributed by atoms with Crippen molar-refractivity contribution in [2.45, 2.75) is 19.8 Å². The number of nitriles is 1. The minimum atomic E-state index is -0.296. The van der Waals surface area contributed by atoms with Crippen LogP contribution >= 0.6 is 15.9 Å². The van der Waals surface area contributed by atoms with Gasteiger partial charge < -0.3 is 5.11 Å². The van der Waals surface area contributed by atoms with E-state index in [0.717, 1.165) is 10.0 Å². The Balaban J connectivity index is 3.30. The molecule has 0 spiro atoms. The Morgan fingerprint density at radius 2 is 2.15 bits per heavy atom. The van der Waals surface area contributed by atoms with E-state index in [0.29, 0.717) is 5.56 Å². The van der Waals surface area contributed by atoms with Crippen LogP contribution in [0.5, 0.6) is 5.75 Å². The second-order valence-corrected chi connectivity index (χ2v) is 3.88. The average Bonchev–Trinajstić information content (AvgIpc) is 2.02. The van der Waals surface area contributed by atoms with Gasteiger partial charge in [-0.1, -0.05) is 15.9 Å². The molecule has 0 radical (unpaired) electrons. The minimum absolute atomic E-state index is 0.181.